The average Bonchev–Trinajstić information content (AvgIpc) is 3.21. The minimum absolute atomic E-state index is 0.112. The molecule has 4 rings (SSSR count). The topological polar surface area (TPSA) is 76.8 Å². The number of aromatic nitrogens is 1. The highest BCUT2D eigenvalue weighted by Gasteiger charge is 2.32. The summed E-state index contributed by atoms with van der Waals surface area (Å²) in [5.74, 6) is 4.34. The Morgan fingerprint density at radius 2 is 1.85 bits per heavy atom. The molecule has 2 heterocycles. The molecule has 2 aliphatic rings. The third-order valence-electron chi connectivity index (χ3n) is 7.89. The van der Waals surface area contributed by atoms with E-state index in [0.29, 0.717) is 35.3 Å². The van der Waals surface area contributed by atoms with Crippen molar-refractivity contribution in [2.24, 2.45) is 17.8 Å². The van der Waals surface area contributed by atoms with Gasteiger partial charge in [0.05, 0.1) is 19.9 Å². The Bertz CT molecular complexity index is 980. The van der Waals surface area contributed by atoms with Crippen molar-refractivity contribution in [2.75, 3.05) is 27.3 Å². The van der Waals surface area contributed by atoms with Crippen LogP contribution in [0.5, 0.6) is 11.5 Å². The molecule has 7 nitrogen and oxygen atoms in total. The number of nitrogens with zero attached hydrogens (tertiary/aromatic N) is 2. The van der Waals surface area contributed by atoms with Gasteiger partial charge in [-0.1, -0.05) is 26.7 Å². The van der Waals surface area contributed by atoms with Crippen molar-refractivity contribution in [3.05, 3.63) is 29.7 Å². The minimum atomic E-state index is 0.112. The fraction of sp³-hybridized carbons (Fsp3) is 0.630. The summed E-state index contributed by atoms with van der Waals surface area (Å²) in [5.41, 5.74) is 1.80. The zero-order chi connectivity index (χ0) is 24.2. The number of rotatable bonds is 7. The van der Waals surface area contributed by atoms with E-state index < -0.39 is 0 Å². The lowest BCUT2D eigenvalue weighted by atomic mass is 9.78. The number of aryl methyl sites for hydroxylation is 1. The number of methoxy groups -OCH3 is 2. The molecule has 0 bridgehead atoms. The summed E-state index contributed by atoms with van der Waals surface area (Å²) in [6, 6.07) is 6.00. The quantitative estimate of drug-likeness (QED) is 0.627. The van der Waals surface area contributed by atoms with Gasteiger partial charge in [0.1, 0.15) is 5.76 Å². The van der Waals surface area contributed by atoms with Crippen molar-refractivity contribution in [3.8, 4) is 23.0 Å². The Morgan fingerprint density at radius 1 is 1.12 bits per heavy atom. The SMILES string of the molecule is COc1ccc(-c2nc(CN3CCC(C(=O)NC4CCCC(C)C4C)CC3)c(C)o2)cc1OC. The summed E-state index contributed by atoms with van der Waals surface area (Å²) in [4.78, 5) is 20.1. The average molecular weight is 470 g/mol. The highest BCUT2D eigenvalue weighted by Crippen LogP contribution is 2.33. The molecule has 1 saturated heterocycles. The number of carbonyl (C=O) groups is 1. The first kappa shape index (κ1) is 24.6. The van der Waals surface area contributed by atoms with Gasteiger partial charge >= 0.3 is 0 Å². The molecule has 1 saturated carbocycles. The van der Waals surface area contributed by atoms with Gasteiger partial charge in [-0.3, -0.25) is 9.69 Å². The van der Waals surface area contributed by atoms with Gasteiger partial charge in [-0.15, -0.1) is 0 Å². The van der Waals surface area contributed by atoms with Gasteiger partial charge in [-0.25, -0.2) is 4.98 Å². The van der Waals surface area contributed by atoms with Crippen LogP contribution < -0.4 is 14.8 Å². The molecule has 1 aromatic heterocycles. The van der Waals surface area contributed by atoms with Crippen LogP contribution >= 0.6 is 0 Å². The third-order valence-corrected chi connectivity index (χ3v) is 7.89. The standard InChI is InChI=1S/C27H39N3O4/c1-17-7-6-8-22(18(17)2)28-26(31)20-11-13-30(14-12-20)16-23-19(3)34-27(29-23)21-9-10-24(32-4)25(15-21)33-5/h9-10,15,17-18,20,22H,6-8,11-14,16H2,1-5H3,(H,28,31). The van der Waals surface area contributed by atoms with Gasteiger partial charge < -0.3 is 19.2 Å². The number of benzene rings is 1. The molecule has 7 heteroatoms. The molecule has 1 aliphatic heterocycles. The van der Waals surface area contributed by atoms with Crippen molar-refractivity contribution in [1.82, 2.24) is 15.2 Å². The summed E-state index contributed by atoms with van der Waals surface area (Å²) in [6.45, 7) is 9.07. The van der Waals surface area contributed by atoms with E-state index in [2.05, 4.69) is 24.1 Å². The van der Waals surface area contributed by atoms with Crippen molar-refractivity contribution in [2.45, 2.75) is 65.5 Å². The Morgan fingerprint density at radius 3 is 2.56 bits per heavy atom. The van der Waals surface area contributed by atoms with Crippen molar-refractivity contribution in [1.29, 1.82) is 0 Å². The fourth-order valence-electron chi connectivity index (χ4n) is 5.32. The second-order valence-corrected chi connectivity index (χ2v) is 10.0. The molecular formula is C27H39N3O4. The Hall–Kier alpha value is -2.54. The van der Waals surface area contributed by atoms with E-state index in [4.69, 9.17) is 18.9 Å². The molecule has 0 radical (unpaired) electrons. The Balaban J connectivity index is 1.32. The molecule has 0 spiro atoms. The summed E-state index contributed by atoms with van der Waals surface area (Å²) in [6.07, 6.45) is 5.39. The maximum absolute atomic E-state index is 12.9. The molecule has 1 aromatic carbocycles. The summed E-state index contributed by atoms with van der Waals surface area (Å²) >= 11 is 0. The maximum atomic E-state index is 12.9. The van der Waals surface area contributed by atoms with E-state index >= 15 is 0 Å². The fourth-order valence-corrected chi connectivity index (χ4v) is 5.32. The molecular weight excluding hydrogens is 430 g/mol. The molecule has 1 amide bonds. The first-order valence-corrected chi connectivity index (χ1v) is 12.6. The molecule has 1 aliphatic carbocycles. The summed E-state index contributed by atoms with van der Waals surface area (Å²) < 4.78 is 16.7. The van der Waals surface area contributed by atoms with E-state index in [1.54, 1.807) is 14.2 Å². The van der Waals surface area contributed by atoms with E-state index in [1.165, 1.54) is 12.8 Å². The minimum Gasteiger partial charge on any atom is -0.493 e. The highest BCUT2D eigenvalue weighted by molar-refractivity contribution is 5.79. The number of hydrogen-bond donors (Lipinski definition) is 1. The largest absolute Gasteiger partial charge is 0.493 e. The number of amides is 1. The van der Waals surface area contributed by atoms with E-state index in [9.17, 15) is 4.79 Å². The second kappa shape index (κ2) is 10.8. The number of carbonyl (C=O) groups excluding carboxylic acids is 1. The number of likely N-dealkylation sites (tertiary alicyclic amines) is 1. The van der Waals surface area contributed by atoms with Gasteiger partial charge in [0, 0.05) is 24.1 Å². The van der Waals surface area contributed by atoms with Crippen molar-refractivity contribution >= 4 is 5.91 Å². The summed E-state index contributed by atoms with van der Waals surface area (Å²) in [7, 11) is 3.24. The highest BCUT2D eigenvalue weighted by atomic mass is 16.5. The van der Waals surface area contributed by atoms with Crippen LogP contribution in [0.3, 0.4) is 0 Å². The van der Waals surface area contributed by atoms with Crippen molar-refractivity contribution < 1.29 is 18.7 Å². The van der Waals surface area contributed by atoms with Gasteiger partial charge in [0.25, 0.3) is 0 Å². The first-order chi connectivity index (χ1) is 16.4. The van der Waals surface area contributed by atoms with Crippen LogP contribution in [-0.2, 0) is 11.3 Å². The number of piperidine rings is 1. The van der Waals surface area contributed by atoms with E-state index in [1.807, 2.05) is 25.1 Å². The number of oxazole rings is 1. The van der Waals surface area contributed by atoms with Crippen LogP contribution in [-0.4, -0.2) is 49.1 Å². The Labute approximate surface area is 203 Å². The van der Waals surface area contributed by atoms with Gasteiger partial charge in [0.15, 0.2) is 11.5 Å². The monoisotopic (exact) mass is 469 g/mol. The van der Waals surface area contributed by atoms with Gasteiger partial charge in [-0.2, -0.15) is 0 Å². The smallest absolute Gasteiger partial charge is 0.226 e. The van der Waals surface area contributed by atoms with Crippen LogP contribution in [0.1, 0.15) is 57.4 Å². The van der Waals surface area contributed by atoms with E-state index in [0.717, 1.165) is 55.9 Å². The molecule has 186 valence electrons. The molecule has 3 atom stereocenters. The first-order valence-electron chi connectivity index (χ1n) is 12.6. The third kappa shape index (κ3) is 5.40. The molecule has 1 N–H and O–H groups in total. The van der Waals surface area contributed by atoms with Crippen LogP contribution in [0.4, 0.5) is 0 Å². The Kier molecular flexibility index (Phi) is 7.81. The van der Waals surface area contributed by atoms with Crippen LogP contribution in [0.25, 0.3) is 11.5 Å². The summed E-state index contributed by atoms with van der Waals surface area (Å²) in [5, 5.41) is 3.38. The zero-order valence-corrected chi connectivity index (χ0v) is 21.2. The zero-order valence-electron chi connectivity index (χ0n) is 21.2. The van der Waals surface area contributed by atoms with Crippen molar-refractivity contribution in [3.63, 3.8) is 0 Å². The molecule has 2 aromatic rings. The second-order valence-electron chi connectivity index (χ2n) is 10.0. The lowest BCUT2D eigenvalue weighted by Gasteiger charge is -2.36. The molecule has 2 fully saturated rings. The van der Waals surface area contributed by atoms with Crippen LogP contribution in [0.2, 0.25) is 0 Å². The van der Waals surface area contributed by atoms with Gasteiger partial charge in [-0.05, 0) is 69.3 Å². The maximum Gasteiger partial charge on any atom is 0.226 e. The lowest BCUT2D eigenvalue weighted by Crippen LogP contribution is -2.48. The number of ether oxygens (including phenoxy) is 2. The predicted octanol–water partition coefficient (Wildman–Crippen LogP) is 4.82. The molecule has 34 heavy (non-hydrogen) atoms. The van der Waals surface area contributed by atoms with Crippen LogP contribution in [0, 0.1) is 24.7 Å². The lowest BCUT2D eigenvalue weighted by molar-refractivity contribution is -0.128. The van der Waals surface area contributed by atoms with E-state index in [-0.39, 0.29) is 11.8 Å². The number of nitrogens with one attached hydrogen (secondary N) is 1. The predicted molar refractivity (Wildman–Crippen MR) is 132 cm³/mol. The normalized spacial score (nSPS) is 24.1. The molecule has 3 unspecified atom stereocenters. The van der Waals surface area contributed by atoms with Gasteiger partial charge in [0.2, 0.25) is 11.8 Å². The van der Waals surface area contributed by atoms with Crippen LogP contribution in [0.15, 0.2) is 22.6 Å². The number of hydrogen-bond acceptors (Lipinski definition) is 6.